The molecule has 0 aromatic rings. The number of hydrogen-bond acceptors (Lipinski definition) is 3. The summed E-state index contributed by atoms with van der Waals surface area (Å²) in [6.07, 6.45) is 8.03. The van der Waals surface area contributed by atoms with Crippen molar-refractivity contribution in [3.05, 3.63) is 0 Å². The maximum Gasteiger partial charge on any atom is 0.103 e. The van der Waals surface area contributed by atoms with E-state index in [9.17, 15) is 0 Å². The Labute approximate surface area is 107 Å². The van der Waals surface area contributed by atoms with Gasteiger partial charge in [0.05, 0.1) is 6.07 Å². The van der Waals surface area contributed by atoms with Crippen LogP contribution in [0.5, 0.6) is 0 Å². The van der Waals surface area contributed by atoms with E-state index in [1.807, 2.05) is 14.0 Å². The SMILES string of the molecule is CCCCCCOCCCCC(C)(C#N)NC. The van der Waals surface area contributed by atoms with Gasteiger partial charge in [-0.3, -0.25) is 0 Å². The first-order valence-electron chi connectivity index (χ1n) is 6.86. The average Bonchev–Trinajstić information content (AvgIpc) is 2.36. The number of nitriles is 1. The van der Waals surface area contributed by atoms with Crippen LogP contribution in [0.25, 0.3) is 0 Å². The van der Waals surface area contributed by atoms with E-state index in [0.29, 0.717) is 0 Å². The summed E-state index contributed by atoms with van der Waals surface area (Å²) in [4.78, 5) is 0. The van der Waals surface area contributed by atoms with Crippen LogP contribution in [0.1, 0.15) is 58.8 Å². The molecule has 0 aliphatic carbocycles. The lowest BCUT2D eigenvalue weighted by atomic mass is 9.97. The Morgan fingerprint density at radius 3 is 2.29 bits per heavy atom. The first kappa shape index (κ1) is 16.4. The molecule has 0 aromatic carbocycles. The van der Waals surface area contributed by atoms with Gasteiger partial charge in [-0.15, -0.1) is 0 Å². The number of nitrogens with one attached hydrogen (secondary N) is 1. The van der Waals surface area contributed by atoms with Crippen molar-refractivity contribution < 1.29 is 4.74 Å². The van der Waals surface area contributed by atoms with Crippen LogP contribution in [0.4, 0.5) is 0 Å². The van der Waals surface area contributed by atoms with Crippen molar-refractivity contribution in [1.82, 2.24) is 5.32 Å². The van der Waals surface area contributed by atoms with Crippen LogP contribution >= 0.6 is 0 Å². The summed E-state index contributed by atoms with van der Waals surface area (Å²) >= 11 is 0. The summed E-state index contributed by atoms with van der Waals surface area (Å²) in [5.41, 5.74) is -0.374. The molecule has 3 heteroatoms. The van der Waals surface area contributed by atoms with Crippen molar-refractivity contribution in [1.29, 1.82) is 5.26 Å². The highest BCUT2D eigenvalue weighted by molar-refractivity contribution is 5.02. The monoisotopic (exact) mass is 240 g/mol. The molecule has 1 unspecified atom stereocenters. The number of ether oxygens (including phenoxy) is 1. The number of unbranched alkanes of at least 4 members (excludes halogenated alkanes) is 4. The zero-order valence-corrected chi connectivity index (χ0v) is 11.7. The fourth-order valence-electron chi connectivity index (χ4n) is 1.65. The Balaban J connectivity index is 3.27. The standard InChI is InChI=1S/C14H28N2O/c1-4-5-6-8-11-17-12-9-7-10-14(2,13-15)16-3/h16H,4-12H2,1-3H3. The molecule has 0 heterocycles. The van der Waals surface area contributed by atoms with E-state index in [1.165, 1.54) is 25.7 Å². The highest BCUT2D eigenvalue weighted by Gasteiger charge is 2.19. The molecule has 100 valence electrons. The molecule has 0 fully saturated rings. The third-order valence-corrected chi connectivity index (χ3v) is 3.16. The van der Waals surface area contributed by atoms with Crippen molar-refractivity contribution >= 4 is 0 Å². The van der Waals surface area contributed by atoms with Crippen molar-refractivity contribution in [3.63, 3.8) is 0 Å². The molecule has 0 aromatic heterocycles. The van der Waals surface area contributed by atoms with Crippen LogP contribution in [-0.4, -0.2) is 25.8 Å². The van der Waals surface area contributed by atoms with Crippen molar-refractivity contribution in [2.75, 3.05) is 20.3 Å². The highest BCUT2D eigenvalue weighted by Crippen LogP contribution is 2.12. The molecule has 0 saturated heterocycles. The van der Waals surface area contributed by atoms with Gasteiger partial charge in [0.15, 0.2) is 0 Å². The normalized spacial score (nSPS) is 14.2. The molecule has 17 heavy (non-hydrogen) atoms. The van der Waals surface area contributed by atoms with E-state index >= 15 is 0 Å². The second kappa shape index (κ2) is 10.6. The van der Waals surface area contributed by atoms with Crippen molar-refractivity contribution in [3.8, 4) is 6.07 Å². The molecular formula is C14H28N2O. The van der Waals surface area contributed by atoms with Crippen LogP contribution in [-0.2, 0) is 4.74 Å². The lowest BCUT2D eigenvalue weighted by molar-refractivity contribution is 0.125. The average molecular weight is 240 g/mol. The van der Waals surface area contributed by atoms with Crippen molar-refractivity contribution in [2.45, 2.75) is 64.3 Å². The van der Waals surface area contributed by atoms with E-state index in [2.05, 4.69) is 18.3 Å². The number of nitrogens with zero attached hydrogens (tertiary/aromatic N) is 1. The Morgan fingerprint density at radius 2 is 1.76 bits per heavy atom. The Morgan fingerprint density at radius 1 is 1.12 bits per heavy atom. The molecule has 0 aliphatic rings. The molecule has 1 atom stereocenters. The number of rotatable bonds is 11. The van der Waals surface area contributed by atoms with Gasteiger partial charge >= 0.3 is 0 Å². The van der Waals surface area contributed by atoms with E-state index in [1.54, 1.807) is 0 Å². The van der Waals surface area contributed by atoms with Gasteiger partial charge in [0.25, 0.3) is 0 Å². The molecule has 0 rings (SSSR count). The smallest absolute Gasteiger partial charge is 0.103 e. The molecule has 0 bridgehead atoms. The third kappa shape index (κ3) is 9.14. The molecule has 1 N–H and O–H groups in total. The Hall–Kier alpha value is -0.590. The third-order valence-electron chi connectivity index (χ3n) is 3.16. The summed E-state index contributed by atoms with van der Waals surface area (Å²) in [6.45, 7) is 5.88. The van der Waals surface area contributed by atoms with Crippen LogP contribution in [0.3, 0.4) is 0 Å². The van der Waals surface area contributed by atoms with Gasteiger partial charge in [-0.25, -0.2) is 0 Å². The molecule has 0 saturated carbocycles. The molecule has 0 radical (unpaired) electrons. The predicted molar refractivity (Wildman–Crippen MR) is 71.9 cm³/mol. The largest absolute Gasteiger partial charge is 0.381 e. The zero-order valence-electron chi connectivity index (χ0n) is 11.7. The molecule has 0 aliphatic heterocycles. The van der Waals surface area contributed by atoms with Gasteiger partial charge in [-0.1, -0.05) is 26.2 Å². The predicted octanol–water partition coefficient (Wildman–Crippen LogP) is 3.26. The molecule has 0 amide bonds. The van der Waals surface area contributed by atoms with Crippen LogP contribution in [0, 0.1) is 11.3 Å². The van der Waals surface area contributed by atoms with Crippen molar-refractivity contribution in [2.24, 2.45) is 0 Å². The van der Waals surface area contributed by atoms with Gasteiger partial charge in [0.1, 0.15) is 5.54 Å². The second-order valence-electron chi connectivity index (χ2n) is 4.82. The van der Waals surface area contributed by atoms with E-state index < -0.39 is 0 Å². The topological polar surface area (TPSA) is 45.0 Å². The minimum atomic E-state index is -0.374. The van der Waals surface area contributed by atoms with Gasteiger partial charge in [-0.05, 0) is 39.7 Å². The van der Waals surface area contributed by atoms with Crippen LogP contribution < -0.4 is 5.32 Å². The lowest BCUT2D eigenvalue weighted by Crippen LogP contribution is -2.37. The van der Waals surface area contributed by atoms with Gasteiger partial charge in [0, 0.05) is 13.2 Å². The Kier molecular flexibility index (Phi) is 10.2. The lowest BCUT2D eigenvalue weighted by Gasteiger charge is -2.20. The van der Waals surface area contributed by atoms with E-state index in [4.69, 9.17) is 10.00 Å². The van der Waals surface area contributed by atoms with E-state index in [-0.39, 0.29) is 5.54 Å². The maximum atomic E-state index is 8.96. The molecular weight excluding hydrogens is 212 g/mol. The highest BCUT2D eigenvalue weighted by atomic mass is 16.5. The van der Waals surface area contributed by atoms with Crippen LogP contribution in [0.2, 0.25) is 0 Å². The first-order chi connectivity index (χ1) is 8.18. The van der Waals surface area contributed by atoms with Gasteiger partial charge in [0.2, 0.25) is 0 Å². The van der Waals surface area contributed by atoms with Crippen LogP contribution in [0.15, 0.2) is 0 Å². The maximum absolute atomic E-state index is 8.96. The van der Waals surface area contributed by atoms with E-state index in [0.717, 1.165) is 32.5 Å². The summed E-state index contributed by atoms with van der Waals surface area (Å²) in [5.74, 6) is 0. The second-order valence-corrected chi connectivity index (χ2v) is 4.82. The molecule has 3 nitrogen and oxygen atoms in total. The molecule has 0 spiro atoms. The minimum absolute atomic E-state index is 0.374. The zero-order chi connectivity index (χ0) is 13.0. The fraction of sp³-hybridized carbons (Fsp3) is 0.929. The summed E-state index contributed by atoms with van der Waals surface area (Å²) in [5, 5.41) is 12.0. The first-order valence-corrected chi connectivity index (χ1v) is 6.86. The fourth-order valence-corrected chi connectivity index (χ4v) is 1.65. The summed E-state index contributed by atoms with van der Waals surface area (Å²) in [6, 6.07) is 2.30. The summed E-state index contributed by atoms with van der Waals surface area (Å²) in [7, 11) is 1.84. The van der Waals surface area contributed by atoms with Gasteiger partial charge < -0.3 is 10.1 Å². The Bertz CT molecular complexity index is 213. The minimum Gasteiger partial charge on any atom is -0.381 e. The number of hydrogen-bond donors (Lipinski definition) is 1. The van der Waals surface area contributed by atoms with Gasteiger partial charge in [-0.2, -0.15) is 5.26 Å². The summed E-state index contributed by atoms with van der Waals surface area (Å²) < 4.78 is 5.56. The quantitative estimate of drug-likeness (QED) is 0.564.